The number of fused-ring (bicyclic) bond motifs is 1. The quantitative estimate of drug-likeness (QED) is 0.412. The van der Waals surface area contributed by atoms with Crippen molar-refractivity contribution in [2.75, 3.05) is 19.3 Å². The first-order valence-corrected chi connectivity index (χ1v) is 12.8. The zero-order valence-electron chi connectivity index (χ0n) is 18.5. The molecule has 2 aromatic heterocycles. The molecule has 0 bridgehead atoms. The van der Waals surface area contributed by atoms with Crippen LogP contribution in [-0.4, -0.2) is 57.6 Å². The van der Waals surface area contributed by atoms with Crippen molar-refractivity contribution in [3.05, 3.63) is 66.2 Å². The Kier molecular flexibility index (Phi) is 5.96. The Hall–Kier alpha value is -3.44. The summed E-state index contributed by atoms with van der Waals surface area (Å²) in [5.74, 6) is -0.909. The van der Waals surface area contributed by atoms with Gasteiger partial charge in [-0.2, -0.15) is 4.98 Å². The molecule has 4 aromatic rings. The Labute approximate surface area is 196 Å². The molecule has 0 atom stereocenters. The molecular weight excluding hydrogens is 459 g/mol. The predicted molar refractivity (Wildman–Crippen MR) is 123 cm³/mol. The number of halogens is 1. The van der Waals surface area contributed by atoms with Crippen LogP contribution < -0.4 is 4.74 Å². The largest absolute Gasteiger partial charge is 0.434 e. The molecule has 3 heterocycles. The molecule has 0 spiro atoms. The lowest BCUT2D eigenvalue weighted by Crippen LogP contribution is -2.34. The maximum atomic E-state index is 14.5. The van der Waals surface area contributed by atoms with E-state index >= 15 is 0 Å². The summed E-state index contributed by atoms with van der Waals surface area (Å²) in [4.78, 5) is 10.7. The fourth-order valence-electron chi connectivity index (χ4n) is 4.13. The van der Waals surface area contributed by atoms with Crippen LogP contribution >= 0.6 is 0 Å². The third-order valence-electron chi connectivity index (χ3n) is 5.92. The number of hydrogen-bond acceptors (Lipinski definition) is 8. The number of nitrogens with zero attached hydrogens (tertiary/aromatic N) is 6. The van der Waals surface area contributed by atoms with Gasteiger partial charge < -0.3 is 4.74 Å². The van der Waals surface area contributed by atoms with Crippen LogP contribution in [-0.2, 0) is 16.4 Å². The lowest BCUT2D eigenvalue weighted by atomic mass is 10.0. The van der Waals surface area contributed by atoms with E-state index in [2.05, 4.69) is 49.4 Å². The highest BCUT2D eigenvalue weighted by molar-refractivity contribution is 7.90. The molecule has 1 aliphatic rings. The summed E-state index contributed by atoms with van der Waals surface area (Å²) in [7, 11) is -3.53. The molecule has 0 aliphatic carbocycles. The molecule has 0 N–H and O–H groups in total. The average molecular weight is 483 g/mol. The number of likely N-dealkylation sites (tertiary alicyclic amines) is 1. The number of piperidine rings is 1. The van der Waals surface area contributed by atoms with Crippen LogP contribution in [0, 0.1) is 5.82 Å². The summed E-state index contributed by atoms with van der Waals surface area (Å²) in [5, 5.41) is 8.49. The van der Waals surface area contributed by atoms with E-state index in [1.54, 1.807) is 4.68 Å². The standard InChI is InChI=1S/C23H23FN6O3S/c1-34(31,32)18-7-8-20(19(24)13-18)33-23-21-22(25-15-26-23)30(28-27-21)17-9-11-29(12-10-17)14-16-5-3-2-4-6-16/h2-8,13,15,17H,9-12,14H2,1H3. The van der Waals surface area contributed by atoms with Crippen molar-refractivity contribution in [2.24, 2.45) is 0 Å². The van der Waals surface area contributed by atoms with Crippen LogP contribution in [0.4, 0.5) is 4.39 Å². The third-order valence-corrected chi connectivity index (χ3v) is 7.03. The van der Waals surface area contributed by atoms with E-state index in [4.69, 9.17) is 4.74 Å². The van der Waals surface area contributed by atoms with Crippen molar-refractivity contribution in [2.45, 2.75) is 30.3 Å². The molecule has 1 aliphatic heterocycles. The highest BCUT2D eigenvalue weighted by atomic mass is 32.2. The van der Waals surface area contributed by atoms with Gasteiger partial charge in [0.25, 0.3) is 5.88 Å². The molecule has 0 radical (unpaired) electrons. The second kappa shape index (κ2) is 9.07. The average Bonchev–Trinajstić information content (AvgIpc) is 3.26. The first-order valence-electron chi connectivity index (χ1n) is 10.9. The van der Waals surface area contributed by atoms with Gasteiger partial charge in [-0.1, -0.05) is 35.5 Å². The summed E-state index contributed by atoms with van der Waals surface area (Å²) >= 11 is 0. The van der Waals surface area contributed by atoms with Gasteiger partial charge in [-0.05, 0) is 36.6 Å². The topological polar surface area (TPSA) is 103 Å². The Morgan fingerprint density at radius 3 is 2.56 bits per heavy atom. The number of hydrogen-bond donors (Lipinski definition) is 0. The van der Waals surface area contributed by atoms with Gasteiger partial charge in [0, 0.05) is 25.9 Å². The summed E-state index contributed by atoms with van der Waals surface area (Å²) in [6.07, 6.45) is 4.13. The minimum atomic E-state index is -3.53. The highest BCUT2D eigenvalue weighted by Crippen LogP contribution is 2.31. The highest BCUT2D eigenvalue weighted by Gasteiger charge is 2.25. The number of benzene rings is 2. The molecule has 11 heteroatoms. The van der Waals surface area contributed by atoms with Crippen molar-refractivity contribution in [1.82, 2.24) is 29.9 Å². The summed E-state index contributed by atoms with van der Waals surface area (Å²) < 4.78 is 45.2. The maximum absolute atomic E-state index is 14.5. The molecule has 176 valence electrons. The Morgan fingerprint density at radius 2 is 1.85 bits per heavy atom. The fraction of sp³-hybridized carbons (Fsp3) is 0.304. The van der Waals surface area contributed by atoms with E-state index < -0.39 is 15.7 Å². The molecule has 1 fully saturated rings. The van der Waals surface area contributed by atoms with Gasteiger partial charge in [0.2, 0.25) is 0 Å². The first-order chi connectivity index (χ1) is 16.4. The van der Waals surface area contributed by atoms with Crippen LogP contribution in [0.25, 0.3) is 11.2 Å². The van der Waals surface area contributed by atoms with Gasteiger partial charge >= 0.3 is 0 Å². The number of rotatable bonds is 6. The first kappa shape index (κ1) is 22.4. The van der Waals surface area contributed by atoms with Crippen LogP contribution in [0.2, 0.25) is 0 Å². The maximum Gasteiger partial charge on any atom is 0.253 e. The van der Waals surface area contributed by atoms with Crippen molar-refractivity contribution in [3.8, 4) is 11.6 Å². The molecular formula is C23H23FN6O3S. The zero-order chi connectivity index (χ0) is 23.7. The SMILES string of the molecule is CS(=O)(=O)c1ccc(Oc2ncnc3c2nnn3C2CCN(Cc3ccccc3)CC2)c(F)c1. The summed E-state index contributed by atoms with van der Waals surface area (Å²) in [6.45, 7) is 2.76. The van der Waals surface area contributed by atoms with Gasteiger partial charge in [-0.3, -0.25) is 4.90 Å². The third kappa shape index (κ3) is 4.62. The minimum absolute atomic E-state index is 0.0590. The molecule has 1 saturated heterocycles. The monoisotopic (exact) mass is 482 g/mol. The van der Waals surface area contributed by atoms with Crippen LogP contribution in [0.3, 0.4) is 0 Å². The molecule has 0 saturated carbocycles. The second-order valence-corrected chi connectivity index (χ2v) is 10.4. The van der Waals surface area contributed by atoms with E-state index in [1.165, 1.54) is 24.0 Å². The van der Waals surface area contributed by atoms with E-state index in [1.807, 2.05) is 6.07 Å². The summed E-state index contributed by atoms with van der Waals surface area (Å²) in [6, 6.07) is 14.0. The van der Waals surface area contributed by atoms with Crippen LogP contribution in [0.5, 0.6) is 11.6 Å². The van der Waals surface area contributed by atoms with Gasteiger partial charge in [-0.25, -0.2) is 22.5 Å². The molecule has 2 aromatic carbocycles. The second-order valence-electron chi connectivity index (χ2n) is 8.34. The molecule has 9 nitrogen and oxygen atoms in total. The van der Waals surface area contributed by atoms with Crippen LogP contribution in [0.1, 0.15) is 24.4 Å². The fourth-order valence-corrected chi connectivity index (χ4v) is 4.76. The van der Waals surface area contributed by atoms with E-state index in [0.717, 1.165) is 44.8 Å². The van der Waals surface area contributed by atoms with Crippen molar-refractivity contribution in [1.29, 1.82) is 0 Å². The van der Waals surface area contributed by atoms with Gasteiger partial charge in [0.05, 0.1) is 10.9 Å². The molecule has 0 unspecified atom stereocenters. The zero-order valence-corrected chi connectivity index (χ0v) is 19.3. The lowest BCUT2D eigenvalue weighted by molar-refractivity contribution is 0.174. The summed E-state index contributed by atoms with van der Waals surface area (Å²) in [5.41, 5.74) is 2.12. The van der Waals surface area contributed by atoms with Crippen molar-refractivity contribution >= 4 is 21.0 Å². The van der Waals surface area contributed by atoms with Crippen molar-refractivity contribution in [3.63, 3.8) is 0 Å². The number of ether oxygens (including phenoxy) is 1. The van der Waals surface area contributed by atoms with Crippen molar-refractivity contribution < 1.29 is 17.5 Å². The smallest absolute Gasteiger partial charge is 0.253 e. The molecule has 5 rings (SSSR count). The lowest BCUT2D eigenvalue weighted by Gasteiger charge is -2.31. The van der Waals surface area contributed by atoms with Gasteiger partial charge in [0.1, 0.15) is 6.33 Å². The van der Waals surface area contributed by atoms with Gasteiger partial charge in [0.15, 0.2) is 32.6 Å². The Balaban J connectivity index is 1.32. The molecule has 34 heavy (non-hydrogen) atoms. The van der Waals surface area contributed by atoms with Gasteiger partial charge in [-0.15, -0.1) is 5.10 Å². The normalized spacial score (nSPS) is 15.6. The predicted octanol–water partition coefficient (Wildman–Crippen LogP) is 3.39. The van der Waals surface area contributed by atoms with E-state index in [-0.39, 0.29) is 22.6 Å². The van der Waals surface area contributed by atoms with Crippen LogP contribution in [0.15, 0.2) is 59.8 Å². The van der Waals surface area contributed by atoms with E-state index in [0.29, 0.717) is 11.2 Å². The molecule has 0 amide bonds. The Bertz CT molecular complexity index is 1420. The van der Waals surface area contributed by atoms with E-state index in [9.17, 15) is 12.8 Å². The number of sulfone groups is 1. The number of aromatic nitrogens is 5. The Morgan fingerprint density at radius 1 is 1.09 bits per heavy atom. The minimum Gasteiger partial charge on any atom is -0.434 e.